The van der Waals surface area contributed by atoms with E-state index in [2.05, 4.69) is 192 Å². The van der Waals surface area contributed by atoms with Gasteiger partial charge in [0.1, 0.15) is 0 Å². The molecule has 0 aliphatic heterocycles. The van der Waals surface area contributed by atoms with Crippen molar-refractivity contribution in [3.05, 3.63) is 176 Å². The lowest BCUT2D eigenvalue weighted by atomic mass is 10.1. The second-order valence-corrected chi connectivity index (χ2v) is 16.0. The Labute approximate surface area is 269 Å². The van der Waals surface area contributed by atoms with Gasteiger partial charge in [-0.2, -0.15) is 0 Å². The van der Waals surface area contributed by atoms with Crippen molar-refractivity contribution in [1.29, 1.82) is 0 Å². The number of aromatic nitrogens is 2. The number of aryl methyl sites for hydroxylation is 1. The summed E-state index contributed by atoms with van der Waals surface area (Å²) in [4.78, 5) is 0. The van der Waals surface area contributed by atoms with Crippen molar-refractivity contribution in [3.63, 3.8) is 0 Å². The van der Waals surface area contributed by atoms with Crippen molar-refractivity contribution in [2.24, 2.45) is 7.05 Å². The minimum absolute atomic E-state index is 1.18. The highest BCUT2D eigenvalue weighted by molar-refractivity contribution is 7.20. The zero-order valence-electron chi connectivity index (χ0n) is 25.6. The van der Waals surface area contributed by atoms with E-state index in [0.29, 0.717) is 0 Å². The van der Waals surface area contributed by atoms with E-state index in [-0.39, 0.29) is 0 Å². The third-order valence-electron chi connectivity index (χ3n) is 9.88. The van der Waals surface area contributed by atoms with E-state index in [0.717, 1.165) is 0 Å². The summed E-state index contributed by atoms with van der Waals surface area (Å²) in [5.74, 6) is 0. The van der Waals surface area contributed by atoms with Crippen LogP contribution in [0.1, 0.15) is 0 Å². The van der Waals surface area contributed by atoms with Gasteiger partial charge in [-0.15, -0.1) is 0 Å². The highest BCUT2D eigenvalue weighted by atomic mass is 28.3. The Morgan fingerprint density at radius 2 is 0.783 bits per heavy atom. The van der Waals surface area contributed by atoms with Crippen LogP contribution in [0.3, 0.4) is 0 Å². The molecular formula is C43H32N2Si. The number of nitrogens with zero attached hydrogens (tertiary/aromatic N) is 2. The first kappa shape index (κ1) is 26.7. The first-order valence-electron chi connectivity index (χ1n) is 15.9. The quantitative estimate of drug-likeness (QED) is 0.140. The van der Waals surface area contributed by atoms with E-state index in [1.54, 1.807) is 0 Å². The SMILES string of the molecule is Cn1c2ccccc2c2cc(-n3c4ccccc4c4cc([Si](c5ccccc5)(c5ccccc5)c5ccccc5)ccc43)ccc21. The zero-order chi connectivity index (χ0) is 30.7. The monoisotopic (exact) mass is 604 g/mol. The van der Waals surface area contributed by atoms with Gasteiger partial charge in [-0.25, -0.2) is 0 Å². The molecule has 0 atom stereocenters. The molecule has 3 heteroatoms. The molecule has 218 valence electrons. The highest BCUT2D eigenvalue weighted by Crippen LogP contribution is 2.35. The van der Waals surface area contributed by atoms with Crippen LogP contribution in [0.5, 0.6) is 0 Å². The average Bonchev–Trinajstić information content (AvgIpc) is 3.61. The molecule has 9 rings (SSSR count). The molecule has 0 bridgehead atoms. The molecule has 46 heavy (non-hydrogen) atoms. The predicted molar refractivity (Wildman–Crippen MR) is 198 cm³/mol. The Kier molecular flexibility index (Phi) is 6.09. The maximum atomic E-state index is 2.50. The van der Waals surface area contributed by atoms with Gasteiger partial charge in [-0.05, 0) is 57.1 Å². The van der Waals surface area contributed by atoms with Crippen molar-refractivity contribution in [1.82, 2.24) is 9.13 Å². The number of rotatable bonds is 5. The van der Waals surface area contributed by atoms with Crippen LogP contribution in [0.15, 0.2) is 176 Å². The second-order valence-electron chi connectivity index (χ2n) is 12.2. The Balaban J connectivity index is 1.36. The molecule has 0 unspecified atom stereocenters. The van der Waals surface area contributed by atoms with Crippen LogP contribution in [-0.2, 0) is 7.05 Å². The molecule has 2 aromatic heterocycles. The van der Waals surface area contributed by atoms with Gasteiger partial charge in [0.25, 0.3) is 0 Å². The minimum atomic E-state index is -2.65. The Morgan fingerprint density at radius 1 is 0.348 bits per heavy atom. The van der Waals surface area contributed by atoms with Gasteiger partial charge in [-0.3, -0.25) is 0 Å². The topological polar surface area (TPSA) is 9.86 Å². The van der Waals surface area contributed by atoms with Crippen molar-refractivity contribution < 1.29 is 0 Å². The summed E-state index contributed by atoms with van der Waals surface area (Å²) >= 11 is 0. The largest absolute Gasteiger partial charge is 0.344 e. The minimum Gasteiger partial charge on any atom is -0.344 e. The number of benzene rings is 7. The summed E-state index contributed by atoms with van der Waals surface area (Å²) < 4.78 is 4.75. The molecule has 2 nitrogen and oxygen atoms in total. The van der Waals surface area contributed by atoms with Gasteiger partial charge in [0.2, 0.25) is 0 Å². The third-order valence-corrected chi connectivity index (χ3v) is 14.7. The number of para-hydroxylation sites is 2. The fourth-order valence-electron chi connectivity index (χ4n) is 7.84. The van der Waals surface area contributed by atoms with E-state index < -0.39 is 8.07 Å². The van der Waals surface area contributed by atoms with Crippen molar-refractivity contribution >= 4 is 72.4 Å². The maximum absolute atomic E-state index is 2.65. The van der Waals surface area contributed by atoms with Crippen molar-refractivity contribution in [3.8, 4) is 5.69 Å². The van der Waals surface area contributed by atoms with E-state index in [4.69, 9.17) is 0 Å². The fraction of sp³-hybridized carbons (Fsp3) is 0.0233. The molecule has 0 amide bonds. The molecule has 0 radical (unpaired) electrons. The van der Waals surface area contributed by atoms with Gasteiger partial charge in [-0.1, -0.05) is 140 Å². The Hall–Kier alpha value is -5.64. The zero-order valence-corrected chi connectivity index (χ0v) is 26.6. The number of hydrogen-bond donors (Lipinski definition) is 0. The Bertz CT molecular complexity index is 2430. The van der Waals surface area contributed by atoms with E-state index in [1.807, 2.05) is 0 Å². The van der Waals surface area contributed by atoms with Crippen LogP contribution < -0.4 is 20.7 Å². The molecule has 0 saturated carbocycles. The molecule has 0 spiro atoms. The van der Waals surface area contributed by atoms with Gasteiger partial charge < -0.3 is 9.13 Å². The predicted octanol–water partition coefficient (Wildman–Crippen LogP) is 7.81. The summed E-state index contributed by atoms with van der Waals surface area (Å²) in [6.45, 7) is 0. The van der Waals surface area contributed by atoms with Crippen molar-refractivity contribution in [2.45, 2.75) is 0 Å². The molecule has 0 aliphatic carbocycles. The van der Waals surface area contributed by atoms with Gasteiger partial charge in [0.15, 0.2) is 8.07 Å². The maximum Gasteiger partial charge on any atom is 0.179 e. The number of hydrogen-bond acceptors (Lipinski definition) is 0. The van der Waals surface area contributed by atoms with Crippen LogP contribution >= 0.6 is 0 Å². The number of fused-ring (bicyclic) bond motifs is 6. The van der Waals surface area contributed by atoms with Crippen LogP contribution in [-0.4, -0.2) is 17.2 Å². The molecule has 0 N–H and O–H groups in total. The smallest absolute Gasteiger partial charge is 0.179 e. The molecule has 9 aromatic rings. The average molecular weight is 605 g/mol. The second kappa shape index (κ2) is 10.5. The standard InChI is InChI=1S/C43H32N2Si/c1-44-40-23-13-11-21-36(40)38-29-31(25-27-41(38)44)45-42-24-14-12-22-37(42)39-30-35(26-28-43(39)45)46(32-15-5-2-6-16-32,33-17-7-3-8-18-33)34-19-9-4-10-20-34/h2-30H,1H3. The van der Waals surface area contributed by atoms with Crippen LogP contribution in [0.4, 0.5) is 0 Å². The highest BCUT2D eigenvalue weighted by Gasteiger charge is 2.41. The fourth-order valence-corrected chi connectivity index (χ4v) is 12.6. The summed E-state index contributed by atoms with van der Waals surface area (Å²) in [7, 11) is -0.489. The lowest BCUT2D eigenvalue weighted by Gasteiger charge is -2.34. The normalized spacial score (nSPS) is 12.0. The van der Waals surface area contributed by atoms with Gasteiger partial charge in [0.05, 0.1) is 11.0 Å². The van der Waals surface area contributed by atoms with E-state index >= 15 is 0 Å². The summed E-state index contributed by atoms with van der Waals surface area (Å²) in [5, 5.41) is 10.7. The summed E-state index contributed by atoms with van der Waals surface area (Å²) in [6.07, 6.45) is 0. The van der Waals surface area contributed by atoms with Gasteiger partial charge >= 0.3 is 0 Å². The third kappa shape index (κ3) is 3.82. The van der Waals surface area contributed by atoms with Crippen LogP contribution in [0.2, 0.25) is 0 Å². The van der Waals surface area contributed by atoms with Gasteiger partial charge in [0, 0.05) is 45.3 Å². The summed E-state index contributed by atoms with van der Waals surface area (Å²) in [5.41, 5.74) is 6.13. The molecular weight excluding hydrogens is 573 g/mol. The van der Waals surface area contributed by atoms with Crippen LogP contribution in [0.25, 0.3) is 49.3 Å². The van der Waals surface area contributed by atoms with Crippen molar-refractivity contribution in [2.75, 3.05) is 0 Å². The molecule has 2 heterocycles. The molecule has 0 saturated heterocycles. The summed E-state index contributed by atoms with van der Waals surface area (Å²) in [6, 6.07) is 65.3. The lowest BCUT2D eigenvalue weighted by molar-refractivity contribution is 1.01. The van der Waals surface area contributed by atoms with E-state index in [1.165, 1.54) is 70.0 Å². The molecule has 7 aromatic carbocycles. The van der Waals surface area contributed by atoms with E-state index in [9.17, 15) is 0 Å². The molecule has 0 aliphatic rings. The molecule has 0 fully saturated rings. The first-order valence-corrected chi connectivity index (χ1v) is 17.9. The van der Waals surface area contributed by atoms with Crippen LogP contribution in [0, 0.1) is 0 Å². The first-order chi connectivity index (χ1) is 22.7. The lowest BCUT2D eigenvalue weighted by Crippen LogP contribution is -2.74. The Morgan fingerprint density at radius 3 is 1.39 bits per heavy atom.